The molecule has 136 valence electrons. The van der Waals surface area contributed by atoms with Crippen LogP contribution in [-0.4, -0.2) is 41.5 Å². The molecule has 2 aromatic heterocycles. The van der Waals surface area contributed by atoms with E-state index in [1.807, 2.05) is 32.9 Å². The SMILES string of the molecule is CCc1nnc(Nc2ccc(N3CCOCC3)nc2C)c(C#N)c1CC. The number of anilines is 3. The number of pyridine rings is 1. The lowest BCUT2D eigenvalue weighted by Crippen LogP contribution is -2.36. The Morgan fingerprint density at radius 2 is 1.96 bits per heavy atom. The van der Waals surface area contributed by atoms with E-state index in [4.69, 9.17) is 9.72 Å². The van der Waals surface area contributed by atoms with E-state index < -0.39 is 0 Å². The van der Waals surface area contributed by atoms with Crippen LogP contribution >= 0.6 is 0 Å². The zero-order valence-electron chi connectivity index (χ0n) is 15.5. The molecular weight excluding hydrogens is 328 g/mol. The molecule has 3 heterocycles. The van der Waals surface area contributed by atoms with Gasteiger partial charge in [0, 0.05) is 13.1 Å². The van der Waals surface area contributed by atoms with Crippen molar-refractivity contribution in [2.24, 2.45) is 0 Å². The van der Waals surface area contributed by atoms with Crippen molar-refractivity contribution in [3.63, 3.8) is 0 Å². The first kappa shape index (κ1) is 18.1. The van der Waals surface area contributed by atoms with Crippen molar-refractivity contribution in [3.8, 4) is 6.07 Å². The van der Waals surface area contributed by atoms with E-state index in [1.165, 1.54) is 0 Å². The monoisotopic (exact) mass is 352 g/mol. The molecule has 1 saturated heterocycles. The van der Waals surface area contributed by atoms with E-state index in [2.05, 4.69) is 26.5 Å². The summed E-state index contributed by atoms with van der Waals surface area (Å²) in [7, 11) is 0. The van der Waals surface area contributed by atoms with Gasteiger partial charge in [-0.15, -0.1) is 5.10 Å². The van der Waals surface area contributed by atoms with Gasteiger partial charge in [-0.25, -0.2) is 4.98 Å². The van der Waals surface area contributed by atoms with Crippen molar-refractivity contribution < 1.29 is 4.74 Å². The second-order valence-electron chi connectivity index (χ2n) is 6.19. The number of ether oxygens (including phenoxy) is 1. The van der Waals surface area contributed by atoms with Gasteiger partial charge < -0.3 is 15.0 Å². The number of hydrogen-bond donors (Lipinski definition) is 1. The van der Waals surface area contributed by atoms with Crippen LogP contribution in [0, 0.1) is 18.3 Å². The summed E-state index contributed by atoms with van der Waals surface area (Å²) in [4.78, 5) is 6.92. The fourth-order valence-electron chi connectivity index (χ4n) is 3.16. The second-order valence-corrected chi connectivity index (χ2v) is 6.19. The van der Waals surface area contributed by atoms with Crippen molar-refractivity contribution in [2.75, 3.05) is 36.5 Å². The maximum Gasteiger partial charge on any atom is 0.171 e. The van der Waals surface area contributed by atoms with Gasteiger partial charge in [0.1, 0.15) is 17.5 Å². The summed E-state index contributed by atoms with van der Waals surface area (Å²) in [6.07, 6.45) is 1.52. The predicted octanol–water partition coefficient (Wildman–Crippen LogP) is 2.76. The van der Waals surface area contributed by atoms with Crippen LogP contribution in [0.5, 0.6) is 0 Å². The topological polar surface area (TPSA) is 87.0 Å². The maximum absolute atomic E-state index is 9.62. The van der Waals surface area contributed by atoms with E-state index >= 15 is 0 Å². The largest absolute Gasteiger partial charge is 0.378 e. The van der Waals surface area contributed by atoms with Crippen molar-refractivity contribution in [1.82, 2.24) is 15.2 Å². The van der Waals surface area contributed by atoms with Crippen LogP contribution in [0.15, 0.2) is 12.1 Å². The zero-order chi connectivity index (χ0) is 18.5. The summed E-state index contributed by atoms with van der Waals surface area (Å²) in [6, 6.07) is 6.25. The van der Waals surface area contributed by atoms with Gasteiger partial charge in [-0.2, -0.15) is 10.4 Å². The Morgan fingerprint density at radius 1 is 1.19 bits per heavy atom. The summed E-state index contributed by atoms with van der Waals surface area (Å²) >= 11 is 0. The molecule has 0 atom stereocenters. The van der Waals surface area contributed by atoms with Gasteiger partial charge in [-0.05, 0) is 37.5 Å². The number of rotatable bonds is 5. The first-order chi connectivity index (χ1) is 12.7. The first-order valence-corrected chi connectivity index (χ1v) is 9.03. The van der Waals surface area contributed by atoms with Gasteiger partial charge in [-0.3, -0.25) is 0 Å². The first-order valence-electron chi connectivity index (χ1n) is 9.03. The van der Waals surface area contributed by atoms with Crippen molar-refractivity contribution in [2.45, 2.75) is 33.6 Å². The molecule has 0 amide bonds. The third-order valence-corrected chi connectivity index (χ3v) is 4.62. The lowest BCUT2D eigenvalue weighted by molar-refractivity contribution is 0.122. The summed E-state index contributed by atoms with van der Waals surface area (Å²) in [5.74, 6) is 1.43. The molecule has 0 unspecified atom stereocenters. The van der Waals surface area contributed by atoms with Gasteiger partial charge in [-0.1, -0.05) is 13.8 Å². The number of morpholine rings is 1. The van der Waals surface area contributed by atoms with Crippen LogP contribution in [0.25, 0.3) is 0 Å². The molecule has 0 spiro atoms. The Kier molecular flexibility index (Phi) is 5.64. The van der Waals surface area contributed by atoms with E-state index in [-0.39, 0.29) is 0 Å². The highest BCUT2D eigenvalue weighted by Gasteiger charge is 2.17. The van der Waals surface area contributed by atoms with Gasteiger partial charge in [0.15, 0.2) is 5.82 Å². The minimum atomic E-state index is 0.491. The second kappa shape index (κ2) is 8.11. The van der Waals surface area contributed by atoms with Gasteiger partial charge in [0.25, 0.3) is 0 Å². The Balaban J connectivity index is 1.88. The third kappa shape index (κ3) is 3.60. The minimum Gasteiger partial charge on any atom is -0.378 e. The van der Waals surface area contributed by atoms with Crippen LogP contribution < -0.4 is 10.2 Å². The molecule has 1 aliphatic heterocycles. The molecule has 0 radical (unpaired) electrons. The summed E-state index contributed by atoms with van der Waals surface area (Å²) in [5, 5.41) is 21.4. The molecule has 0 bridgehead atoms. The lowest BCUT2D eigenvalue weighted by Gasteiger charge is -2.28. The molecule has 3 rings (SSSR count). The average Bonchev–Trinajstić information content (AvgIpc) is 2.69. The number of nitrogens with one attached hydrogen (secondary N) is 1. The van der Waals surface area contributed by atoms with Crippen LogP contribution in [0.1, 0.15) is 36.4 Å². The number of hydrogen-bond acceptors (Lipinski definition) is 7. The van der Waals surface area contributed by atoms with Gasteiger partial charge in [0.05, 0.1) is 30.3 Å². The standard InChI is InChI=1S/C19H24N6O/c1-4-14-15(12-20)19(24-23-16(14)5-2)22-17-6-7-18(21-13(17)3)25-8-10-26-11-9-25/h6-7H,4-5,8-11H2,1-3H3,(H,22,24). The minimum absolute atomic E-state index is 0.491. The Morgan fingerprint density at radius 3 is 2.58 bits per heavy atom. The normalized spacial score (nSPS) is 14.2. The molecule has 1 N–H and O–H groups in total. The fourth-order valence-corrected chi connectivity index (χ4v) is 3.16. The highest BCUT2D eigenvalue weighted by atomic mass is 16.5. The van der Waals surface area contributed by atoms with E-state index in [0.29, 0.717) is 11.4 Å². The molecule has 1 aliphatic rings. The Labute approximate surface area is 154 Å². The van der Waals surface area contributed by atoms with E-state index in [1.54, 1.807) is 0 Å². The van der Waals surface area contributed by atoms with Crippen LogP contribution in [0.2, 0.25) is 0 Å². The third-order valence-electron chi connectivity index (χ3n) is 4.62. The summed E-state index contributed by atoms with van der Waals surface area (Å²) < 4.78 is 5.39. The molecule has 26 heavy (non-hydrogen) atoms. The Bertz CT molecular complexity index is 824. The van der Waals surface area contributed by atoms with Crippen LogP contribution in [0.4, 0.5) is 17.3 Å². The average molecular weight is 352 g/mol. The number of aryl methyl sites for hydroxylation is 2. The zero-order valence-corrected chi connectivity index (χ0v) is 15.5. The molecule has 7 nitrogen and oxygen atoms in total. The van der Waals surface area contributed by atoms with Crippen LogP contribution in [0.3, 0.4) is 0 Å². The van der Waals surface area contributed by atoms with Crippen molar-refractivity contribution in [1.29, 1.82) is 5.26 Å². The van der Waals surface area contributed by atoms with Crippen molar-refractivity contribution in [3.05, 3.63) is 34.6 Å². The highest BCUT2D eigenvalue weighted by Crippen LogP contribution is 2.26. The van der Waals surface area contributed by atoms with Crippen LogP contribution in [-0.2, 0) is 17.6 Å². The van der Waals surface area contributed by atoms with Gasteiger partial charge in [0.2, 0.25) is 0 Å². The quantitative estimate of drug-likeness (QED) is 0.885. The lowest BCUT2D eigenvalue weighted by atomic mass is 10.0. The summed E-state index contributed by atoms with van der Waals surface area (Å²) in [6.45, 7) is 9.16. The smallest absolute Gasteiger partial charge is 0.171 e. The van der Waals surface area contributed by atoms with E-state index in [9.17, 15) is 5.26 Å². The predicted molar refractivity (Wildman–Crippen MR) is 101 cm³/mol. The maximum atomic E-state index is 9.62. The van der Waals surface area contributed by atoms with Crippen molar-refractivity contribution >= 4 is 17.3 Å². The molecule has 2 aromatic rings. The summed E-state index contributed by atoms with van der Waals surface area (Å²) in [5.41, 5.74) is 4.10. The Hall–Kier alpha value is -2.72. The number of nitriles is 1. The van der Waals surface area contributed by atoms with E-state index in [0.717, 1.165) is 67.6 Å². The highest BCUT2D eigenvalue weighted by molar-refractivity contribution is 5.67. The molecule has 0 saturated carbocycles. The van der Waals surface area contributed by atoms with Gasteiger partial charge >= 0.3 is 0 Å². The number of aromatic nitrogens is 3. The molecule has 7 heteroatoms. The molecular formula is C19H24N6O. The molecule has 0 aliphatic carbocycles. The fraction of sp³-hybridized carbons (Fsp3) is 0.474. The number of nitrogens with zero attached hydrogens (tertiary/aromatic N) is 5. The molecule has 0 aromatic carbocycles. The molecule has 1 fully saturated rings.